The zero-order chi connectivity index (χ0) is 13.1. The van der Waals surface area contributed by atoms with Crippen molar-refractivity contribution in [1.82, 2.24) is 10.3 Å². The SMILES string of the molecule is CCNC(CCc1ccc2ncccc2c1)C1CC1. The van der Waals surface area contributed by atoms with Crippen molar-refractivity contribution in [1.29, 1.82) is 0 Å². The van der Waals surface area contributed by atoms with E-state index in [9.17, 15) is 0 Å². The fourth-order valence-electron chi connectivity index (χ4n) is 2.87. The Morgan fingerprint density at radius 1 is 1.32 bits per heavy atom. The van der Waals surface area contributed by atoms with Crippen LogP contribution in [0.3, 0.4) is 0 Å². The summed E-state index contributed by atoms with van der Waals surface area (Å²) in [5.41, 5.74) is 2.53. The Morgan fingerprint density at radius 2 is 2.21 bits per heavy atom. The van der Waals surface area contributed by atoms with Crippen LogP contribution in [-0.2, 0) is 6.42 Å². The van der Waals surface area contributed by atoms with E-state index in [1.165, 1.54) is 36.6 Å². The van der Waals surface area contributed by atoms with Gasteiger partial charge in [-0.25, -0.2) is 0 Å². The molecule has 0 bridgehead atoms. The van der Waals surface area contributed by atoms with E-state index in [-0.39, 0.29) is 0 Å². The minimum absolute atomic E-state index is 0.717. The molecule has 1 aromatic carbocycles. The van der Waals surface area contributed by atoms with E-state index >= 15 is 0 Å². The molecule has 0 spiro atoms. The van der Waals surface area contributed by atoms with E-state index in [4.69, 9.17) is 0 Å². The zero-order valence-corrected chi connectivity index (χ0v) is 11.6. The van der Waals surface area contributed by atoms with Crippen molar-refractivity contribution in [3.05, 3.63) is 42.1 Å². The molecule has 19 heavy (non-hydrogen) atoms. The fourth-order valence-corrected chi connectivity index (χ4v) is 2.87. The van der Waals surface area contributed by atoms with Gasteiger partial charge in [0.25, 0.3) is 0 Å². The molecule has 1 atom stereocenters. The number of fused-ring (bicyclic) bond motifs is 1. The summed E-state index contributed by atoms with van der Waals surface area (Å²) in [6.07, 6.45) is 7.11. The van der Waals surface area contributed by atoms with E-state index in [1.807, 2.05) is 12.3 Å². The van der Waals surface area contributed by atoms with E-state index in [2.05, 4.69) is 41.5 Å². The minimum atomic E-state index is 0.717. The number of nitrogens with zero attached hydrogens (tertiary/aromatic N) is 1. The molecule has 3 rings (SSSR count). The highest BCUT2D eigenvalue weighted by Crippen LogP contribution is 2.34. The number of benzene rings is 1. The van der Waals surface area contributed by atoms with Gasteiger partial charge in [-0.1, -0.05) is 19.1 Å². The average molecular weight is 254 g/mol. The van der Waals surface area contributed by atoms with Crippen LogP contribution in [0, 0.1) is 5.92 Å². The highest BCUT2D eigenvalue weighted by Gasteiger charge is 2.29. The summed E-state index contributed by atoms with van der Waals surface area (Å²) < 4.78 is 0. The molecule has 0 radical (unpaired) electrons. The van der Waals surface area contributed by atoms with Gasteiger partial charge < -0.3 is 5.32 Å². The summed E-state index contributed by atoms with van der Waals surface area (Å²) in [7, 11) is 0. The second-order valence-electron chi connectivity index (χ2n) is 5.57. The van der Waals surface area contributed by atoms with Gasteiger partial charge in [0.2, 0.25) is 0 Å². The van der Waals surface area contributed by atoms with E-state index in [0.717, 1.165) is 24.0 Å². The molecule has 0 amide bonds. The molecule has 2 aromatic rings. The Bertz CT molecular complexity index is 546. The molecule has 1 aliphatic carbocycles. The summed E-state index contributed by atoms with van der Waals surface area (Å²) in [4.78, 5) is 4.37. The lowest BCUT2D eigenvalue weighted by Gasteiger charge is -2.17. The third-order valence-corrected chi connectivity index (χ3v) is 4.07. The lowest BCUT2D eigenvalue weighted by molar-refractivity contribution is 0.446. The Kier molecular flexibility index (Phi) is 3.79. The minimum Gasteiger partial charge on any atom is -0.314 e. The second kappa shape index (κ2) is 5.70. The maximum absolute atomic E-state index is 4.37. The van der Waals surface area contributed by atoms with Gasteiger partial charge in [0.1, 0.15) is 0 Å². The topological polar surface area (TPSA) is 24.9 Å². The first-order valence-electron chi connectivity index (χ1n) is 7.44. The van der Waals surface area contributed by atoms with E-state index < -0.39 is 0 Å². The van der Waals surface area contributed by atoms with Gasteiger partial charge in [-0.05, 0) is 61.9 Å². The van der Waals surface area contributed by atoms with Crippen LogP contribution < -0.4 is 5.32 Å². The molecule has 1 aliphatic rings. The van der Waals surface area contributed by atoms with E-state index in [0.29, 0.717) is 0 Å². The van der Waals surface area contributed by atoms with Gasteiger partial charge >= 0.3 is 0 Å². The number of hydrogen-bond donors (Lipinski definition) is 1. The zero-order valence-electron chi connectivity index (χ0n) is 11.6. The molecule has 1 aromatic heterocycles. The summed E-state index contributed by atoms with van der Waals surface area (Å²) in [5, 5.41) is 4.90. The maximum Gasteiger partial charge on any atom is 0.0702 e. The predicted octanol–water partition coefficient (Wildman–Crippen LogP) is 3.56. The molecule has 0 aliphatic heterocycles. The number of rotatable bonds is 6. The largest absolute Gasteiger partial charge is 0.314 e. The third kappa shape index (κ3) is 3.13. The predicted molar refractivity (Wildman–Crippen MR) is 80.3 cm³/mol. The number of pyridine rings is 1. The molecular weight excluding hydrogens is 232 g/mol. The Labute approximate surface area is 115 Å². The quantitative estimate of drug-likeness (QED) is 0.852. The molecule has 1 N–H and O–H groups in total. The lowest BCUT2D eigenvalue weighted by atomic mass is 10.0. The molecular formula is C17H22N2. The maximum atomic E-state index is 4.37. The van der Waals surface area contributed by atoms with Gasteiger partial charge in [-0.15, -0.1) is 0 Å². The Balaban J connectivity index is 1.67. The normalized spacial score (nSPS) is 16.7. The fraction of sp³-hybridized carbons (Fsp3) is 0.471. The molecule has 1 saturated carbocycles. The van der Waals surface area contributed by atoms with Crippen molar-refractivity contribution in [2.45, 2.75) is 38.6 Å². The average Bonchev–Trinajstić information content (AvgIpc) is 3.28. The van der Waals surface area contributed by atoms with Gasteiger partial charge in [-0.2, -0.15) is 0 Å². The molecule has 100 valence electrons. The van der Waals surface area contributed by atoms with Gasteiger partial charge in [0, 0.05) is 17.6 Å². The molecule has 1 heterocycles. The monoisotopic (exact) mass is 254 g/mol. The number of aromatic nitrogens is 1. The molecule has 1 fully saturated rings. The van der Waals surface area contributed by atoms with Crippen LogP contribution in [-0.4, -0.2) is 17.6 Å². The van der Waals surface area contributed by atoms with Gasteiger partial charge in [0.05, 0.1) is 5.52 Å². The number of aryl methyl sites for hydroxylation is 1. The summed E-state index contributed by atoms with van der Waals surface area (Å²) in [6, 6.07) is 11.5. The van der Waals surface area contributed by atoms with Crippen LogP contribution in [0.2, 0.25) is 0 Å². The van der Waals surface area contributed by atoms with Crippen molar-refractivity contribution in [2.24, 2.45) is 5.92 Å². The van der Waals surface area contributed by atoms with Crippen molar-refractivity contribution in [3.8, 4) is 0 Å². The first-order chi connectivity index (χ1) is 9.36. The van der Waals surface area contributed by atoms with Crippen LogP contribution in [0.25, 0.3) is 10.9 Å². The third-order valence-electron chi connectivity index (χ3n) is 4.07. The Morgan fingerprint density at radius 3 is 3.00 bits per heavy atom. The van der Waals surface area contributed by atoms with Crippen LogP contribution in [0.15, 0.2) is 36.5 Å². The lowest BCUT2D eigenvalue weighted by Crippen LogP contribution is -2.31. The second-order valence-corrected chi connectivity index (χ2v) is 5.57. The first-order valence-corrected chi connectivity index (χ1v) is 7.44. The number of hydrogen-bond acceptors (Lipinski definition) is 2. The first kappa shape index (κ1) is 12.6. The van der Waals surface area contributed by atoms with Crippen LogP contribution in [0.4, 0.5) is 0 Å². The summed E-state index contributed by atoms with van der Waals surface area (Å²) in [6.45, 7) is 3.29. The van der Waals surface area contributed by atoms with Crippen molar-refractivity contribution < 1.29 is 0 Å². The van der Waals surface area contributed by atoms with Crippen LogP contribution >= 0.6 is 0 Å². The highest BCUT2D eigenvalue weighted by atomic mass is 14.9. The summed E-state index contributed by atoms with van der Waals surface area (Å²) in [5.74, 6) is 0.932. The van der Waals surface area contributed by atoms with Crippen molar-refractivity contribution in [3.63, 3.8) is 0 Å². The number of nitrogens with one attached hydrogen (secondary N) is 1. The molecule has 1 unspecified atom stereocenters. The molecule has 0 saturated heterocycles. The molecule has 2 heteroatoms. The van der Waals surface area contributed by atoms with Gasteiger partial charge in [-0.3, -0.25) is 4.98 Å². The Hall–Kier alpha value is -1.41. The van der Waals surface area contributed by atoms with E-state index in [1.54, 1.807) is 0 Å². The summed E-state index contributed by atoms with van der Waals surface area (Å²) >= 11 is 0. The van der Waals surface area contributed by atoms with Gasteiger partial charge in [0.15, 0.2) is 0 Å². The highest BCUT2D eigenvalue weighted by molar-refractivity contribution is 5.78. The molecule has 2 nitrogen and oxygen atoms in total. The van der Waals surface area contributed by atoms with Crippen LogP contribution in [0.5, 0.6) is 0 Å². The standard InChI is InChI=1S/C17H22N2/c1-2-18-16(14-7-8-14)9-5-13-6-10-17-15(12-13)4-3-11-19-17/h3-4,6,10-12,14,16,18H,2,5,7-9H2,1H3. The van der Waals surface area contributed by atoms with Crippen LogP contribution in [0.1, 0.15) is 31.7 Å². The van der Waals surface area contributed by atoms with Crippen molar-refractivity contribution in [2.75, 3.05) is 6.54 Å². The van der Waals surface area contributed by atoms with Crippen molar-refractivity contribution >= 4 is 10.9 Å². The smallest absolute Gasteiger partial charge is 0.0702 e.